The summed E-state index contributed by atoms with van der Waals surface area (Å²) in [5.41, 5.74) is 1.96. The van der Waals surface area contributed by atoms with E-state index in [-0.39, 0.29) is 0 Å². The van der Waals surface area contributed by atoms with Crippen LogP contribution < -0.4 is 0 Å². The van der Waals surface area contributed by atoms with E-state index in [1.807, 2.05) is 45.5 Å². The minimum atomic E-state index is -4.92. The van der Waals surface area contributed by atoms with E-state index in [9.17, 15) is 14.4 Å². The van der Waals surface area contributed by atoms with Gasteiger partial charge in [-0.2, -0.15) is 0 Å². The van der Waals surface area contributed by atoms with E-state index in [4.69, 9.17) is 19.3 Å². The number of rotatable bonds is 4. The zero-order chi connectivity index (χ0) is 18.2. The first-order valence-corrected chi connectivity index (χ1v) is 10.1. The zero-order valence-electron chi connectivity index (χ0n) is 14.0. The van der Waals surface area contributed by atoms with Gasteiger partial charge in [-0.1, -0.05) is 0 Å². The minimum absolute atomic E-state index is 0.473. The van der Waals surface area contributed by atoms with Gasteiger partial charge in [0.15, 0.2) is 0 Å². The topological polar surface area (TPSA) is 51.2 Å². The summed E-state index contributed by atoms with van der Waals surface area (Å²) in [6, 6.07) is 0. The fourth-order valence-electron chi connectivity index (χ4n) is 3.32. The molecule has 23 heavy (non-hydrogen) atoms. The van der Waals surface area contributed by atoms with Crippen LogP contribution in [0, 0.1) is 42.4 Å². The number of hydrogen-bond donors (Lipinski definition) is 0. The summed E-state index contributed by atoms with van der Waals surface area (Å²) in [5.74, 6) is 5.88. The van der Waals surface area contributed by atoms with Crippen molar-refractivity contribution in [2.45, 2.75) is 34.6 Å². The fraction of sp³-hybridized carbons (Fsp3) is 0.316. The van der Waals surface area contributed by atoms with E-state index in [1.54, 1.807) is 6.92 Å². The van der Waals surface area contributed by atoms with Crippen molar-refractivity contribution in [3.05, 3.63) is 20.6 Å². The third-order valence-electron chi connectivity index (χ3n) is 4.85. The zero-order valence-corrected chi connectivity index (χ0v) is 15.5. The molecule has 0 unspecified atom stereocenters. The summed E-state index contributed by atoms with van der Waals surface area (Å²) in [6.45, 7) is 9.28. The molecule has 0 bridgehead atoms. The molecule has 0 aromatic carbocycles. The summed E-state index contributed by atoms with van der Waals surface area (Å²) in [4.78, 5) is 37.9. The molecular formula is C19H18O3Ti. The van der Waals surface area contributed by atoms with E-state index < -0.39 is 34.3 Å². The molecule has 3 nitrogen and oxygen atoms in total. The number of hydrogen-bond acceptors (Lipinski definition) is 3. The van der Waals surface area contributed by atoms with Gasteiger partial charge in [-0.25, -0.2) is 0 Å². The Bertz CT molecular complexity index is 750. The Morgan fingerprint density at radius 3 is 1.39 bits per heavy atom. The second-order valence-electron chi connectivity index (χ2n) is 6.05. The van der Waals surface area contributed by atoms with Gasteiger partial charge in [0.2, 0.25) is 0 Å². The Morgan fingerprint density at radius 1 is 0.826 bits per heavy atom. The van der Waals surface area contributed by atoms with Crippen LogP contribution in [-0.2, 0) is 31.0 Å². The van der Waals surface area contributed by atoms with Crippen LogP contribution in [-0.4, -0.2) is 12.3 Å². The Hall–Kier alpha value is -2.12. The van der Waals surface area contributed by atoms with E-state index in [2.05, 4.69) is 0 Å². The first-order valence-electron chi connectivity index (χ1n) is 6.98. The van der Waals surface area contributed by atoms with Crippen LogP contribution in [0.5, 0.6) is 0 Å². The van der Waals surface area contributed by atoms with E-state index >= 15 is 0 Å². The normalized spacial score (nSPS) is 16.4. The SMILES string of the molecule is C#C[C](=O)[Ti]([C](=O)C#C)([C](=O)C#C)[C]1=C(C)C(C)=C(C)C1(C)C. The van der Waals surface area contributed by atoms with Gasteiger partial charge in [0.05, 0.1) is 0 Å². The summed E-state index contributed by atoms with van der Waals surface area (Å²) in [7, 11) is 0. The first kappa shape index (κ1) is 18.9. The van der Waals surface area contributed by atoms with Crippen molar-refractivity contribution < 1.29 is 31.0 Å². The van der Waals surface area contributed by atoms with Gasteiger partial charge in [-0.3, -0.25) is 0 Å². The van der Waals surface area contributed by atoms with Gasteiger partial charge in [0.1, 0.15) is 0 Å². The molecule has 1 aliphatic carbocycles. The maximum atomic E-state index is 12.6. The molecule has 0 saturated heterocycles. The number of carbonyl (C=O) groups is 3. The number of carbonyl (C=O) groups excluding carboxylic acids is 3. The van der Waals surface area contributed by atoms with Gasteiger partial charge >= 0.3 is 141 Å². The van der Waals surface area contributed by atoms with Gasteiger partial charge in [-0.15, -0.1) is 0 Å². The van der Waals surface area contributed by atoms with Crippen LogP contribution in [0.25, 0.3) is 0 Å². The van der Waals surface area contributed by atoms with Crippen molar-refractivity contribution in [2.75, 3.05) is 0 Å². The summed E-state index contributed by atoms with van der Waals surface area (Å²) in [6.07, 6.45) is 15.9. The second-order valence-corrected chi connectivity index (χ2v) is 11.3. The molecule has 0 spiro atoms. The van der Waals surface area contributed by atoms with Crippen molar-refractivity contribution >= 4 is 12.3 Å². The molecule has 116 valence electrons. The average Bonchev–Trinajstić information content (AvgIpc) is 2.68. The van der Waals surface area contributed by atoms with Gasteiger partial charge in [0, 0.05) is 0 Å². The summed E-state index contributed by atoms with van der Waals surface area (Å²) in [5, 5.41) is 0. The van der Waals surface area contributed by atoms with Crippen LogP contribution >= 0.6 is 0 Å². The molecule has 0 aromatic heterocycles. The molecule has 4 heteroatoms. The number of terminal acetylenes is 3. The molecule has 0 N–H and O–H groups in total. The van der Waals surface area contributed by atoms with E-state index in [0.29, 0.717) is 3.88 Å². The Balaban J connectivity index is 4.05. The molecule has 0 aliphatic heterocycles. The van der Waals surface area contributed by atoms with Crippen LogP contribution in [0.4, 0.5) is 0 Å². The summed E-state index contributed by atoms with van der Waals surface area (Å²) >= 11 is -4.92. The monoisotopic (exact) mass is 342 g/mol. The third kappa shape index (κ3) is 2.36. The second kappa shape index (κ2) is 6.18. The predicted octanol–water partition coefficient (Wildman–Crippen LogP) is 2.27. The maximum absolute atomic E-state index is 12.6. The molecule has 0 aromatic rings. The number of allylic oxidation sites excluding steroid dienone is 4. The Morgan fingerprint density at radius 2 is 1.17 bits per heavy atom. The fourth-order valence-corrected chi connectivity index (χ4v) is 9.29. The van der Waals surface area contributed by atoms with Crippen LogP contribution in [0.3, 0.4) is 0 Å². The molecule has 0 fully saturated rings. The van der Waals surface area contributed by atoms with Crippen molar-refractivity contribution in [3.63, 3.8) is 0 Å². The Labute approximate surface area is 141 Å². The van der Waals surface area contributed by atoms with Crippen molar-refractivity contribution in [1.29, 1.82) is 0 Å². The molecule has 0 amide bonds. The molecule has 0 radical (unpaired) electrons. The van der Waals surface area contributed by atoms with Crippen molar-refractivity contribution in [2.24, 2.45) is 5.41 Å². The molecule has 1 aliphatic rings. The van der Waals surface area contributed by atoms with Gasteiger partial charge < -0.3 is 0 Å². The molecule has 0 saturated carbocycles. The molecule has 0 atom stereocenters. The molecular weight excluding hydrogens is 324 g/mol. The molecule has 1 rings (SSSR count). The van der Waals surface area contributed by atoms with Crippen LogP contribution in [0.15, 0.2) is 20.6 Å². The first-order chi connectivity index (χ1) is 10.5. The van der Waals surface area contributed by atoms with E-state index in [0.717, 1.165) is 16.7 Å². The van der Waals surface area contributed by atoms with Crippen molar-refractivity contribution in [3.8, 4) is 37.0 Å². The van der Waals surface area contributed by atoms with Crippen LogP contribution in [0.1, 0.15) is 34.6 Å². The average molecular weight is 342 g/mol. The molecule has 0 heterocycles. The predicted molar refractivity (Wildman–Crippen MR) is 86.4 cm³/mol. The van der Waals surface area contributed by atoms with Crippen molar-refractivity contribution in [1.82, 2.24) is 0 Å². The van der Waals surface area contributed by atoms with Crippen LogP contribution in [0.2, 0.25) is 0 Å². The third-order valence-corrected chi connectivity index (χ3v) is 11.5. The summed E-state index contributed by atoms with van der Waals surface area (Å²) < 4.78 is -2.02. The van der Waals surface area contributed by atoms with E-state index in [1.165, 1.54) is 0 Å². The quantitative estimate of drug-likeness (QED) is 0.582. The standard InChI is InChI=1S/C10H15.3C3HO.Ti/c1-7-6-10(4,5)9(3)8(7)2;3*1-2-3-4;/h1-5H3;3*1H;. The Kier molecular flexibility index (Phi) is 5.08. The van der Waals surface area contributed by atoms with Gasteiger partial charge in [0.25, 0.3) is 0 Å². The van der Waals surface area contributed by atoms with Gasteiger partial charge in [-0.05, 0) is 0 Å².